The molecule has 5 aliphatic rings. The number of carbonyl (C=O) groups excluding carboxylic acids is 1. The van der Waals surface area contributed by atoms with E-state index in [9.17, 15) is 18.0 Å². The fraction of sp³-hybridized carbons (Fsp3) is 0.724. The Hall–Kier alpha value is -2.39. The van der Waals surface area contributed by atoms with Crippen molar-refractivity contribution in [3.63, 3.8) is 0 Å². The van der Waals surface area contributed by atoms with Crippen molar-refractivity contribution >= 4 is 11.7 Å². The minimum absolute atomic E-state index is 0.0443. The number of terminal acetylenes is 1. The molecule has 2 N–H and O–H groups in total. The van der Waals surface area contributed by atoms with Crippen LogP contribution in [0.15, 0.2) is 18.2 Å². The number of aromatic nitrogens is 1. The summed E-state index contributed by atoms with van der Waals surface area (Å²) in [5.74, 6) is 0.518. The number of nitrogens with zero attached hydrogens (tertiary/aromatic N) is 3. The van der Waals surface area contributed by atoms with Crippen LogP contribution in [0, 0.1) is 18.3 Å². The number of hydrogen-bond acceptors (Lipinski definition) is 7. The lowest BCUT2D eigenvalue weighted by atomic mass is 9.87. The molecule has 4 aliphatic heterocycles. The number of alkyl halides is 3. The van der Waals surface area contributed by atoms with Crippen LogP contribution in [0.5, 0.6) is 0 Å². The van der Waals surface area contributed by atoms with Gasteiger partial charge in [-0.3, -0.25) is 4.79 Å². The summed E-state index contributed by atoms with van der Waals surface area (Å²) in [6, 6.07) is 4.10. The number of pyridine rings is 1. The Bertz CT molecular complexity index is 960. The Kier molecular flexibility index (Phi) is 11.6. The van der Waals surface area contributed by atoms with Crippen molar-refractivity contribution < 1.29 is 32.5 Å². The summed E-state index contributed by atoms with van der Waals surface area (Å²) in [5, 5.41) is 11.7. The van der Waals surface area contributed by atoms with Gasteiger partial charge >= 0.3 is 6.18 Å². The van der Waals surface area contributed by atoms with Crippen molar-refractivity contribution in [2.24, 2.45) is 5.41 Å². The number of aliphatic hydroxyl groups excluding tert-OH is 1. The number of halogens is 3. The van der Waals surface area contributed by atoms with E-state index in [1.54, 1.807) is 13.2 Å². The van der Waals surface area contributed by atoms with Gasteiger partial charge in [0.25, 0.3) is 0 Å². The second kappa shape index (κ2) is 14.5. The van der Waals surface area contributed by atoms with Crippen LogP contribution in [0.25, 0.3) is 0 Å². The van der Waals surface area contributed by atoms with Crippen molar-refractivity contribution in [1.29, 1.82) is 0 Å². The largest absolute Gasteiger partial charge is 0.433 e. The summed E-state index contributed by atoms with van der Waals surface area (Å²) in [5.41, 5.74) is -1.23. The van der Waals surface area contributed by atoms with Gasteiger partial charge in [-0.1, -0.05) is 6.07 Å². The van der Waals surface area contributed by atoms with Gasteiger partial charge in [-0.05, 0) is 70.5 Å². The van der Waals surface area contributed by atoms with Crippen molar-refractivity contribution in [2.45, 2.75) is 82.3 Å². The number of rotatable bonds is 3. The number of carbonyl (C=O) groups is 1. The molecule has 0 spiro atoms. The van der Waals surface area contributed by atoms with Gasteiger partial charge in [0.1, 0.15) is 11.5 Å². The van der Waals surface area contributed by atoms with Gasteiger partial charge in [0, 0.05) is 33.4 Å². The van der Waals surface area contributed by atoms with Gasteiger partial charge in [-0.2, -0.15) is 13.2 Å². The van der Waals surface area contributed by atoms with Crippen molar-refractivity contribution in [1.82, 2.24) is 15.2 Å². The molecule has 1 aromatic rings. The zero-order valence-corrected chi connectivity index (χ0v) is 23.5. The number of anilines is 1. The first-order valence-corrected chi connectivity index (χ1v) is 14.1. The summed E-state index contributed by atoms with van der Waals surface area (Å²) in [6.07, 6.45) is 11.3. The molecule has 6 rings (SSSR count). The summed E-state index contributed by atoms with van der Waals surface area (Å²) in [6.45, 7) is 6.36. The highest BCUT2D eigenvalue weighted by molar-refractivity contribution is 5.84. The molecule has 1 amide bonds. The normalized spacial score (nSPS) is 29.2. The van der Waals surface area contributed by atoms with E-state index >= 15 is 0 Å². The molecule has 0 radical (unpaired) electrons. The second-order valence-corrected chi connectivity index (χ2v) is 11.2. The van der Waals surface area contributed by atoms with Crippen LogP contribution < -0.4 is 10.2 Å². The van der Waals surface area contributed by atoms with Gasteiger partial charge in [0.2, 0.25) is 5.91 Å². The Morgan fingerprint density at radius 1 is 1.20 bits per heavy atom. The van der Waals surface area contributed by atoms with Gasteiger partial charge in [-0.25, -0.2) is 4.98 Å². The zero-order valence-electron chi connectivity index (χ0n) is 23.5. The van der Waals surface area contributed by atoms with E-state index in [2.05, 4.69) is 23.1 Å². The first-order valence-electron chi connectivity index (χ1n) is 14.1. The fourth-order valence-electron chi connectivity index (χ4n) is 5.57. The molecule has 0 unspecified atom stereocenters. The first kappa shape index (κ1) is 32.1. The molecule has 8 nitrogen and oxygen atoms in total. The summed E-state index contributed by atoms with van der Waals surface area (Å²) >= 11 is 0. The third-order valence-corrected chi connectivity index (χ3v) is 8.23. The van der Waals surface area contributed by atoms with Gasteiger partial charge in [-0.15, -0.1) is 12.8 Å². The maximum absolute atomic E-state index is 12.9. The highest BCUT2D eigenvalue weighted by atomic mass is 19.4. The second-order valence-electron chi connectivity index (χ2n) is 11.2. The third kappa shape index (κ3) is 8.09. The van der Waals surface area contributed by atoms with Crippen LogP contribution in [-0.2, 0) is 20.4 Å². The van der Waals surface area contributed by atoms with E-state index < -0.39 is 11.9 Å². The van der Waals surface area contributed by atoms with Gasteiger partial charge in [0.15, 0.2) is 0 Å². The molecular formula is C29H43F3N4O4. The number of likely N-dealkylation sites (tertiary alicyclic amines) is 1. The number of methoxy groups -OCH3 is 1. The molecular weight excluding hydrogens is 525 g/mol. The standard InChI is InChI=1S/C17H21F3N4O.C6H12O2.C4H8O.C2H2/c1-16(5-6-21-10-16)15(25)24-9-11-7-12(24)8-23(11)14-4-2-3-13(22-14)17(18,19)20;1-7-6-3-2-4-8-5-6;5-4-2-1-3-4;1-2/h2-4,11-12,21H,5-10H2,1H3;6H,2-5H2,1H3;4-5H,1-3H2;1-2H/t11-,12-,16-;6-;;/m00../s1. The Labute approximate surface area is 235 Å². The van der Waals surface area contributed by atoms with Crippen LogP contribution in [0.4, 0.5) is 19.0 Å². The number of aliphatic hydroxyl groups is 1. The summed E-state index contributed by atoms with van der Waals surface area (Å²) < 4.78 is 48.9. The third-order valence-electron chi connectivity index (χ3n) is 8.23. The summed E-state index contributed by atoms with van der Waals surface area (Å²) in [4.78, 5) is 20.5. The van der Waals surface area contributed by atoms with Gasteiger partial charge < -0.3 is 29.7 Å². The predicted octanol–water partition coefficient (Wildman–Crippen LogP) is 3.48. The van der Waals surface area contributed by atoms with Crippen LogP contribution in [-0.4, -0.2) is 91.7 Å². The van der Waals surface area contributed by atoms with Crippen molar-refractivity contribution in [3.05, 3.63) is 23.9 Å². The number of ether oxygens (including phenoxy) is 2. The van der Waals surface area contributed by atoms with Crippen LogP contribution >= 0.6 is 0 Å². The molecule has 1 aliphatic carbocycles. The SMILES string of the molecule is C#C.CO[C@H]1CCCOC1.C[C@]1(C(=O)N2C[C@@H]3C[C@H]2CN3c2cccc(C(F)(F)F)n2)CCNC1.OC1CCC1. The molecule has 4 atom stereocenters. The lowest BCUT2D eigenvalue weighted by molar-refractivity contribution is -0.141. The molecule has 40 heavy (non-hydrogen) atoms. The molecule has 4 saturated heterocycles. The lowest BCUT2D eigenvalue weighted by Crippen LogP contribution is -2.53. The van der Waals surface area contributed by atoms with Gasteiger partial charge in [0.05, 0.1) is 36.3 Å². The van der Waals surface area contributed by atoms with E-state index in [4.69, 9.17) is 14.6 Å². The molecule has 1 aromatic heterocycles. The van der Waals surface area contributed by atoms with E-state index in [1.807, 2.05) is 16.7 Å². The molecule has 11 heteroatoms. The monoisotopic (exact) mass is 568 g/mol. The Morgan fingerprint density at radius 2 is 1.93 bits per heavy atom. The minimum atomic E-state index is -4.44. The fourth-order valence-corrected chi connectivity index (χ4v) is 5.57. The maximum Gasteiger partial charge on any atom is 0.433 e. The van der Waals surface area contributed by atoms with Crippen LogP contribution in [0.1, 0.15) is 57.6 Å². The average Bonchev–Trinajstić information content (AvgIpc) is 3.70. The average molecular weight is 569 g/mol. The Morgan fingerprint density at radius 3 is 2.38 bits per heavy atom. The van der Waals surface area contributed by atoms with Crippen molar-refractivity contribution in [2.75, 3.05) is 51.4 Å². The Balaban J connectivity index is 0.000000240. The molecule has 1 saturated carbocycles. The smallest absolute Gasteiger partial charge is 0.393 e. The van der Waals surface area contributed by atoms with E-state index in [-0.39, 0.29) is 29.5 Å². The minimum Gasteiger partial charge on any atom is -0.393 e. The van der Waals surface area contributed by atoms with Crippen LogP contribution in [0.2, 0.25) is 0 Å². The van der Waals surface area contributed by atoms with E-state index in [0.717, 1.165) is 64.3 Å². The molecule has 224 valence electrons. The highest BCUT2D eigenvalue weighted by Gasteiger charge is 2.50. The number of fused-ring (bicyclic) bond motifs is 2. The topological polar surface area (TPSA) is 87.2 Å². The quantitative estimate of drug-likeness (QED) is 0.540. The highest BCUT2D eigenvalue weighted by Crippen LogP contribution is 2.38. The number of amides is 1. The molecule has 5 heterocycles. The number of hydrogen-bond donors (Lipinski definition) is 2. The zero-order chi connectivity index (χ0) is 29.3. The van der Waals surface area contributed by atoms with E-state index in [0.29, 0.717) is 31.6 Å². The molecule has 2 bridgehead atoms. The predicted molar refractivity (Wildman–Crippen MR) is 147 cm³/mol. The summed E-state index contributed by atoms with van der Waals surface area (Å²) in [7, 11) is 1.74. The number of nitrogens with one attached hydrogen (secondary N) is 1. The first-order chi connectivity index (χ1) is 19.1. The number of piperazine rings is 1. The molecule has 0 aromatic carbocycles. The van der Waals surface area contributed by atoms with Crippen LogP contribution in [0.3, 0.4) is 0 Å². The molecule has 5 fully saturated rings. The van der Waals surface area contributed by atoms with Crippen molar-refractivity contribution in [3.8, 4) is 12.8 Å². The lowest BCUT2D eigenvalue weighted by Gasteiger charge is -2.38. The van der Waals surface area contributed by atoms with E-state index in [1.165, 1.54) is 12.5 Å². The maximum atomic E-state index is 12.9.